The molecule has 8 aromatic rings. The molecule has 0 unspecified atom stereocenters. The van der Waals surface area contributed by atoms with Crippen molar-refractivity contribution in [2.24, 2.45) is 0 Å². The van der Waals surface area contributed by atoms with E-state index in [1.807, 2.05) is 24.3 Å². The molecular formula is C39H25N3Se. The van der Waals surface area contributed by atoms with Crippen LogP contribution in [-0.4, -0.2) is 29.5 Å². The molecule has 2 heterocycles. The Labute approximate surface area is 255 Å². The van der Waals surface area contributed by atoms with Crippen molar-refractivity contribution in [1.82, 2.24) is 15.0 Å². The van der Waals surface area contributed by atoms with Crippen LogP contribution in [0.4, 0.5) is 0 Å². The molecule has 6 aromatic carbocycles. The van der Waals surface area contributed by atoms with Gasteiger partial charge in [-0.15, -0.1) is 0 Å². The summed E-state index contributed by atoms with van der Waals surface area (Å²) >= 11 is 0.186. The molecule has 0 aliphatic heterocycles. The zero-order chi connectivity index (χ0) is 28.6. The Balaban J connectivity index is 1.28. The Hall–Kier alpha value is -5.15. The third-order valence-corrected chi connectivity index (χ3v) is 10.3. The van der Waals surface area contributed by atoms with Gasteiger partial charge in [0.05, 0.1) is 0 Å². The predicted molar refractivity (Wildman–Crippen MR) is 179 cm³/mol. The summed E-state index contributed by atoms with van der Waals surface area (Å²) in [6.07, 6.45) is 0. The Bertz CT molecular complexity index is 2240. The molecule has 0 atom stereocenters. The summed E-state index contributed by atoms with van der Waals surface area (Å²) in [6, 6.07) is 53.1. The molecule has 0 amide bonds. The van der Waals surface area contributed by atoms with Crippen LogP contribution in [0.3, 0.4) is 0 Å². The minimum absolute atomic E-state index is 0.186. The number of fused-ring (bicyclic) bond motifs is 3. The normalized spacial score (nSPS) is 11.3. The predicted octanol–water partition coefficient (Wildman–Crippen LogP) is 9.57. The van der Waals surface area contributed by atoms with Gasteiger partial charge in [-0.2, -0.15) is 0 Å². The largest absolute Gasteiger partial charge is 0.0617 e. The Morgan fingerprint density at radius 3 is 1.58 bits per heavy atom. The first kappa shape index (κ1) is 25.6. The molecule has 2 aromatic heterocycles. The third kappa shape index (κ3) is 4.87. The molecule has 0 bridgehead atoms. The molecule has 0 aliphatic rings. The van der Waals surface area contributed by atoms with Crippen LogP contribution < -0.4 is 0 Å². The molecule has 0 saturated heterocycles. The fourth-order valence-corrected chi connectivity index (χ4v) is 8.15. The van der Waals surface area contributed by atoms with Gasteiger partial charge >= 0.3 is 226 Å². The van der Waals surface area contributed by atoms with Gasteiger partial charge in [-0.1, -0.05) is 30.3 Å². The van der Waals surface area contributed by atoms with E-state index in [1.165, 1.54) is 30.4 Å². The van der Waals surface area contributed by atoms with E-state index in [1.54, 1.807) is 0 Å². The van der Waals surface area contributed by atoms with Gasteiger partial charge in [-0.3, -0.25) is 0 Å². The van der Waals surface area contributed by atoms with Crippen molar-refractivity contribution in [2.75, 3.05) is 0 Å². The van der Waals surface area contributed by atoms with E-state index in [0.29, 0.717) is 17.5 Å². The van der Waals surface area contributed by atoms with Crippen LogP contribution in [0.5, 0.6) is 0 Å². The molecule has 0 saturated carbocycles. The first-order valence-electron chi connectivity index (χ1n) is 14.3. The summed E-state index contributed by atoms with van der Waals surface area (Å²) in [5, 5.41) is 2.61. The van der Waals surface area contributed by atoms with Crippen molar-refractivity contribution in [3.8, 4) is 56.4 Å². The summed E-state index contributed by atoms with van der Waals surface area (Å²) in [6.45, 7) is 0. The number of aromatic nitrogens is 3. The summed E-state index contributed by atoms with van der Waals surface area (Å²) < 4.78 is 2.74. The van der Waals surface area contributed by atoms with Gasteiger partial charge in [0.2, 0.25) is 0 Å². The summed E-state index contributed by atoms with van der Waals surface area (Å²) in [7, 11) is 0. The van der Waals surface area contributed by atoms with Crippen LogP contribution in [0.25, 0.3) is 75.7 Å². The monoisotopic (exact) mass is 615 g/mol. The number of hydrogen-bond donors (Lipinski definition) is 0. The van der Waals surface area contributed by atoms with E-state index in [0.717, 1.165) is 27.8 Å². The number of nitrogens with zero attached hydrogens (tertiary/aromatic N) is 3. The standard InChI is InChI=1S/C39H25N3Se/c1-3-12-26(13-4-1)28-16-9-17-29(24-28)30-18-10-19-31(25-30)38-40-37(27-14-5-2-6-15-27)41-39(42-38)34-22-11-21-33-32-20-7-8-23-35(32)43-36(33)34/h1-25H. The van der Waals surface area contributed by atoms with Crippen molar-refractivity contribution in [3.63, 3.8) is 0 Å². The maximum absolute atomic E-state index is 5.13. The zero-order valence-corrected chi connectivity index (χ0v) is 24.9. The van der Waals surface area contributed by atoms with Gasteiger partial charge in [0.25, 0.3) is 0 Å². The van der Waals surface area contributed by atoms with E-state index < -0.39 is 0 Å². The van der Waals surface area contributed by atoms with Crippen LogP contribution in [0.15, 0.2) is 152 Å². The van der Waals surface area contributed by atoms with Crippen LogP contribution >= 0.6 is 0 Å². The molecule has 8 rings (SSSR count). The van der Waals surface area contributed by atoms with Crippen LogP contribution in [-0.2, 0) is 0 Å². The minimum atomic E-state index is 0.186. The molecule has 0 radical (unpaired) electrons. The maximum Gasteiger partial charge on any atom is -0.0544 e. The maximum atomic E-state index is 5.13. The van der Waals surface area contributed by atoms with E-state index in [4.69, 9.17) is 15.0 Å². The van der Waals surface area contributed by atoms with E-state index in [2.05, 4.69) is 127 Å². The second kappa shape index (κ2) is 10.9. The molecule has 0 aliphatic carbocycles. The van der Waals surface area contributed by atoms with Crippen molar-refractivity contribution in [1.29, 1.82) is 0 Å². The number of hydrogen-bond acceptors (Lipinski definition) is 3. The van der Waals surface area contributed by atoms with Crippen LogP contribution in [0.2, 0.25) is 0 Å². The Morgan fingerprint density at radius 1 is 0.349 bits per heavy atom. The van der Waals surface area contributed by atoms with Crippen molar-refractivity contribution in [3.05, 3.63) is 152 Å². The van der Waals surface area contributed by atoms with Gasteiger partial charge in [-0.25, -0.2) is 0 Å². The van der Waals surface area contributed by atoms with Gasteiger partial charge in [0.1, 0.15) is 0 Å². The van der Waals surface area contributed by atoms with E-state index >= 15 is 0 Å². The van der Waals surface area contributed by atoms with Crippen LogP contribution in [0.1, 0.15) is 0 Å². The van der Waals surface area contributed by atoms with Gasteiger partial charge in [0, 0.05) is 0 Å². The molecule has 4 heteroatoms. The van der Waals surface area contributed by atoms with Gasteiger partial charge < -0.3 is 0 Å². The zero-order valence-electron chi connectivity index (χ0n) is 23.2. The quantitative estimate of drug-likeness (QED) is 0.181. The molecule has 0 spiro atoms. The molecule has 0 N–H and O–H groups in total. The number of rotatable bonds is 5. The fraction of sp³-hybridized carbons (Fsp3) is 0. The average Bonchev–Trinajstić information content (AvgIpc) is 3.48. The van der Waals surface area contributed by atoms with Crippen molar-refractivity contribution < 1.29 is 0 Å². The second-order valence-electron chi connectivity index (χ2n) is 10.5. The van der Waals surface area contributed by atoms with Gasteiger partial charge in [0.15, 0.2) is 0 Å². The average molecular weight is 615 g/mol. The fourth-order valence-electron chi connectivity index (χ4n) is 5.61. The van der Waals surface area contributed by atoms with Crippen molar-refractivity contribution >= 4 is 33.8 Å². The summed E-state index contributed by atoms with van der Waals surface area (Å²) in [5.74, 6) is 2.06. The van der Waals surface area contributed by atoms with Crippen LogP contribution in [0, 0.1) is 0 Å². The summed E-state index contributed by atoms with van der Waals surface area (Å²) in [4.78, 5) is 15.2. The molecule has 202 valence electrons. The first-order valence-corrected chi connectivity index (χ1v) is 16.0. The minimum Gasteiger partial charge on any atom is -0.0617 e. The van der Waals surface area contributed by atoms with E-state index in [-0.39, 0.29) is 14.5 Å². The number of benzene rings is 6. The third-order valence-electron chi connectivity index (χ3n) is 7.74. The van der Waals surface area contributed by atoms with E-state index in [9.17, 15) is 0 Å². The second-order valence-corrected chi connectivity index (χ2v) is 12.7. The molecule has 0 fully saturated rings. The smallest absolute Gasteiger partial charge is 0.0544 e. The SMILES string of the molecule is c1ccc(-c2cccc(-c3cccc(-c4nc(-c5ccccc5)nc(-c5cccc6c5[se]c5ccccc56)n4)c3)c2)cc1. The Kier molecular flexibility index (Phi) is 6.49. The Morgan fingerprint density at radius 2 is 0.837 bits per heavy atom. The molecular weight excluding hydrogens is 589 g/mol. The van der Waals surface area contributed by atoms with Crippen molar-refractivity contribution in [2.45, 2.75) is 0 Å². The summed E-state index contributed by atoms with van der Waals surface area (Å²) in [5.41, 5.74) is 7.69. The first-order chi connectivity index (χ1) is 21.3. The topological polar surface area (TPSA) is 38.7 Å². The van der Waals surface area contributed by atoms with Gasteiger partial charge in [-0.05, 0) is 0 Å². The molecule has 3 nitrogen and oxygen atoms in total. The molecule has 43 heavy (non-hydrogen) atoms.